The summed E-state index contributed by atoms with van der Waals surface area (Å²) < 4.78 is 6.58. The predicted octanol–water partition coefficient (Wildman–Crippen LogP) is 3.43. The van der Waals surface area contributed by atoms with Gasteiger partial charge >= 0.3 is 5.97 Å². The molecule has 0 aliphatic heterocycles. The Morgan fingerprint density at radius 1 is 1.59 bits per heavy atom. The summed E-state index contributed by atoms with van der Waals surface area (Å²) in [5, 5.41) is 9.07. The highest BCUT2D eigenvalue weighted by Crippen LogP contribution is 2.36. The molecule has 1 aromatic carbocycles. The van der Waals surface area contributed by atoms with Gasteiger partial charge in [-0.3, -0.25) is 4.79 Å². The molecule has 0 spiro atoms. The van der Waals surface area contributed by atoms with Crippen molar-refractivity contribution in [2.75, 3.05) is 6.61 Å². The maximum absolute atomic E-state index is 11.0. The van der Waals surface area contributed by atoms with Crippen LogP contribution in [-0.4, -0.2) is 17.7 Å². The topological polar surface area (TPSA) is 46.5 Å². The van der Waals surface area contributed by atoms with Crippen LogP contribution >= 0.6 is 15.9 Å². The molecule has 0 bridgehead atoms. The fraction of sp³-hybridized carbons (Fsp3) is 0.462. The van der Waals surface area contributed by atoms with Gasteiger partial charge in [-0.1, -0.05) is 12.1 Å². The van der Waals surface area contributed by atoms with E-state index in [-0.39, 0.29) is 0 Å². The molecule has 0 heterocycles. The van der Waals surface area contributed by atoms with Gasteiger partial charge in [-0.05, 0) is 47.7 Å². The van der Waals surface area contributed by atoms with Gasteiger partial charge in [0, 0.05) is 5.56 Å². The Kier molecular flexibility index (Phi) is 3.72. The second kappa shape index (κ2) is 5.08. The fourth-order valence-electron chi connectivity index (χ4n) is 1.64. The lowest BCUT2D eigenvalue weighted by molar-refractivity contribution is -0.138. The van der Waals surface area contributed by atoms with Gasteiger partial charge in [0.05, 0.1) is 17.0 Å². The lowest BCUT2D eigenvalue weighted by Gasteiger charge is -2.15. The van der Waals surface area contributed by atoms with Gasteiger partial charge in [-0.25, -0.2) is 0 Å². The summed E-state index contributed by atoms with van der Waals surface area (Å²) in [4.78, 5) is 11.0. The third kappa shape index (κ3) is 3.00. The van der Waals surface area contributed by atoms with Crippen LogP contribution in [0.4, 0.5) is 0 Å². The van der Waals surface area contributed by atoms with Crippen LogP contribution in [0.2, 0.25) is 0 Å². The number of halogens is 1. The van der Waals surface area contributed by atoms with Gasteiger partial charge in [0.1, 0.15) is 5.75 Å². The molecule has 1 aliphatic carbocycles. The summed E-state index contributed by atoms with van der Waals surface area (Å²) in [5.74, 6) is -0.0644. The summed E-state index contributed by atoms with van der Waals surface area (Å²) in [6, 6.07) is 5.52. The van der Waals surface area contributed by atoms with E-state index in [1.54, 1.807) is 6.92 Å². The van der Waals surface area contributed by atoms with Gasteiger partial charge < -0.3 is 9.84 Å². The average Bonchev–Trinajstić information content (AvgIpc) is 3.10. The minimum atomic E-state index is -0.834. The largest absolute Gasteiger partial charge is 0.492 e. The SMILES string of the molecule is CC(C(=O)O)c1cccc(Br)c1OCC1CC1. The van der Waals surface area contributed by atoms with Crippen molar-refractivity contribution < 1.29 is 14.6 Å². The Balaban J connectivity index is 2.22. The molecule has 0 aromatic heterocycles. The Morgan fingerprint density at radius 3 is 2.88 bits per heavy atom. The Bertz CT molecular complexity index is 427. The molecule has 0 radical (unpaired) electrons. The summed E-state index contributed by atoms with van der Waals surface area (Å²) >= 11 is 3.42. The quantitative estimate of drug-likeness (QED) is 0.906. The number of hydrogen-bond acceptors (Lipinski definition) is 2. The number of ether oxygens (including phenoxy) is 1. The Labute approximate surface area is 109 Å². The molecule has 1 unspecified atom stereocenters. The molecule has 0 saturated heterocycles. The highest BCUT2D eigenvalue weighted by atomic mass is 79.9. The number of hydrogen-bond donors (Lipinski definition) is 1. The zero-order valence-electron chi connectivity index (χ0n) is 9.65. The molecule has 1 aromatic rings. The highest BCUT2D eigenvalue weighted by Gasteiger charge is 2.25. The van der Waals surface area contributed by atoms with Crippen LogP contribution in [-0.2, 0) is 4.79 Å². The monoisotopic (exact) mass is 298 g/mol. The van der Waals surface area contributed by atoms with Crippen LogP contribution in [0.25, 0.3) is 0 Å². The zero-order chi connectivity index (χ0) is 12.4. The Hall–Kier alpha value is -1.03. The Morgan fingerprint density at radius 2 is 2.29 bits per heavy atom. The van der Waals surface area contributed by atoms with Crippen LogP contribution in [0.15, 0.2) is 22.7 Å². The molecule has 1 N–H and O–H groups in total. The van der Waals surface area contributed by atoms with E-state index in [0.29, 0.717) is 18.3 Å². The molecule has 3 nitrogen and oxygen atoms in total. The van der Waals surface area contributed by atoms with Gasteiger partial charge in [0.2, 0.25) is 0 Å². The molecule has 1 saturated carbocycles. The van der Waals surface area contributed by atoms with Crippen LogP contribution in [0.1, 0.15) is 31.2 Å². The summed E-state index contributed by atoms with van der Waals surface area (Å²) in [5.41, 5.74) is 0.729. The van der Waals surface area contributed by atoms with Crippen LogP contribution in [0.5, 0.6) is 5.75 Å². The van der Waals surface area contributed by atoms with Gasteiger partial charge in [-0.2, -0.15) is 0 Å². The second-order valence-electron chi connectivity index (χ2n) is 4.47. The van der Waals surface area contributed by atoms with Gasteiger partial charge in [0.15, 0.2) is 0 Å². The third-order valence-electron chi connectivity index (χ3n) is 2.99. The van der Waals surface area contributed by atoms with E-state index in [4.69, 9.17) is 9.84 Å². The molecule has 1 atom stereocenters. The van der Waals surface area contributed by atoms with Crippen molar-refractivity contribution in [2.24, 2.45) is 5.92 Å². The summed E-state index contributed by atoms with van der Waals surface area (Å²) in [6.45, 7) is 2.36. The van der Waals surface area contributed by atoms with Crippen molar-refractivity contribution in [1.82, 2.24) is 0 Å². The van der Waals surface area contributed by atoms with E-state index >= 15 is 0 Å². The van der Waals surface area contributed by atoms with Crippen molar-refractivity contribution in [3.63, 3.8) is 0 Å². The van der Waals surface area contributed by atoms with Crippen molar-refractivity contribution >= 4 is 21.9 Å². The molecule has 92 valence electrons. The lowest BCUT2D eigenvalue weighted by atomic mass is 10.0. The molecule has 0 amide bonds. The average molecular weight is 299 g/mol. The first kappa shape index (κ1) is 12.4. The molecule has 4 heteroatoms. The first-order valence-corrected chi connectivity index (χ1v) is 6.53. The van der Waals surface area contributed by atoms with E-state index in [2.05, 4.69) is 15.9 Å². The standard InChI is InChI=1S/C13H15BrO3/c1-8(13(15)16)10-3-2-4-11(14)12(10)17-7-9-5-6-9/h2-4,8-9H,5-7H2,1H3,(H,15,16). The second-order valence-corrected chi connectivity index (χ2v) is 5.33. The minimum absolute atomic E-state index is 0.554. The number of carboxylic acid groups (broad SMARTS) is 1. The number of benzene rings is 1. The number of rotatable bonds is 5. The number of aliphatic carboxylic acids is 1. The predicted molar refractivity (Wildman–Crippen MR) is 68.4 cm³/mol. The number of carbonyl (C=O) groups is 1. The minimum Gasteiger partial charge on any atom is -0.492 e. The maximum atomic E-state index is 11.0. The van der Waals surface area contributed by atoms with Crippen LogP contribution in [0, 0.1) is 5.92 Å². The van der Waals surface area contributed by atoms with Crippen molar-refractivity contribution in [2.45, 2.75) is 25.7 Å². The lowest BCUT2D eigenvalue weighted by Crippen LogP contribution is -2.11. The first-order chi connectivity index (χ1) is 8.09. The third-order valence-corrected chi connectivity index (χ3v) is 3.62. The molecular weight excluding hydrogens is 284 g/mol. The first-order valence-electron chi connectivity index (χ1n) is 5.73. The van der Waals surface area contributed by atoms with Crippen molar-refractivity contribution in [1.29, 1.82) is 0 Å². The van der Waals surface area contributed by atoms with Crippen LogP contribution < -0.4 is 4.74 Å². The smallest absolute Gasteiger partial charge is 0.310 e. The molecule has 1 fully saturated rings. The van der Waals surface area contributed by atoms with E-state index in [1.165, 1.54) is 12.8 Å². The van der Waals surface area contributed by atoms with E-state index < -0.39 is 11.9 Å². The van der Waals surface area contributed by atoms with E-state index in [1.807, 2.05) is 18.2 Å². The normalized spacial score (nSPS) is 16.6. The highest BCUT2D eigenvalue weighted by molar-refractivity contribution is 9.10. The molecule has 2 rings (SSSR count). The number of carboxylic acids is 1. The molecule has 17 heavy (non-hydrogen) atoms. The van der Waals surface area contributed by atoms with Gasteiger partial charge in [0.25, 0.3) is 0 Å². The van der Waals surface area contributed by atoms with Crippen LogP contribution in [0.3, 0.4) is 0 Å². The fourth-order valence-corrected chi connectivity index (χ4v) is 2.13. The summed E-state index contributed by atoms with van der Waals surface area (Å²) in [6.07, 6.45) is 2.43. The summed E-state index contributed by atoms with van der Waals surface area (Å²) in [7, 11) is 0. The van der Waals surface area contributed by atoms with E-state index in [0.717, 1.165) is 10.0 Å². The molecule has 1 aliphatic rings. The maximum Gasteiger partial charge on any atom is 0.310 e. The molecular formula is C13H15BrO3. The van der Waals surface area contributed by atoms with Crippen molar-refractivity contribution in [3.8, 4) is 5.75 Å². The van der Waals surface area contributed by atoms with Crippen molar-refractivity contribution in [3.05, 3.63) is 28.2 Å². The zero-order valence-corrected chi connectivity index (χ0v) is 11.2. The van der Waals surface area contributed by atoms with E-state index in [9.17, 15) is 4.79 Å². The van der Waals surface area contributed by atoms with Gasteiger partial charge in [-0.15, -0.1) is 0 Å². The number of para-hydroxylation sites is 1.